The van der Waals surface area contributed by atoms with Gasteiger partial charge in [0.05, 0.1) is 5.56 Å². The summed E-state index contributed by atoms with van der Waals surface area (Å²) in [6.45, 7) is 10.4. The van der Waals surface area contributed by atoms with Crippen molar-refractivity contribution in [1.29, 1.82) is 0 Å². The lowest BCUT2D eigenvalue weighted by atomic mass is 10.1. The highest BCUT2D eigenvalue weighted by Crippen LogP contribution is 2.21. The monoisotopic (exact) mass is 314 g/mol. The van der Waals surface area contributed by atoms with Gasteiger partial charge < -0.3 is 4.74 Å². The molecule has 0 N–H and O–H groups in total. The van der Waals surface area contributed by atoms with Crippen molar-refractivity contribution in [3.8, 4) is 18.1 Å². The molecule has 0 aliphatic heterocycles. The number of rotatable bonds is 4. The van der Waals surface area contributed by atoms with E-state index in [2.05, 4.69) is 12.8 Å². The van der Waals surface area contributed by atoms with Crippen LogP contribution in [-0.2, 0) is 13.0 Å². The largest absolute Gasteiger partial charge is 0.488 e. The second-order valence-electron chi connectivity index (χ2n) is 4.25. The summed E-state index contributed by atoms with van der Waals surface area (Å²) in [6, 6.07) is 12.1. The number of halogens is 1. The van der Waals surface area contributed by atoms with E-state index in [1.165, 1.54) is 17.7 Å². The van der Waals surface area contributed by atoms with Gasteiger partial charge in [-0.3, -0.25) is 0 Å². The molecule has 0 spiro atoms. The van der Waals surface area contributed by atoms with Crippen LogP contribution in [0.15, 0.2) is 42.5 Å². The van der Waals surface area contributed by atoms with Gasteiger partial charge in [-0.05, 0) is 41.8 Å². The summed E-state index contributed by atoms with van der Waals surface area (Å²) in [5.41, 5.74) is 2.68. The molecule has 0 unspecified atom stereocenters. The first kappa shape index (κ1) is 20.7. The predicted molar refractivity (Wildman–Crippen MR) is 97.2 cm³/mol. The lowest BCUT2D eigenvalue weighted by Crippen LogP contribution is -1.98. The lowest BCUT2D eigenvalue weighted by Gasteiger charge is -2.09. The smallest absolute Gasteiger partial charge is 0.135 e. The van der Waals surface area contributed by atoms with Crippen molar-refractivity contribution < 1.29 is 9.13 Å². The number of benzene rings is 2. The number of hydrogen-bond acceptors (Lipinski definition) is 1. The van der Waals surface area contributed by atoms with Crippen LogP contribution in [0.1, 0.15) is 51.3 Å². The SMILES string of the molecule is C#Cc1cc(CC)ccc1OCc1cccc(F)c1.CC.CC. The molecule has 2 rings (SSSR count). The molecule has 0 amide bonds. The van der Waals surface area contributed by atoms with Gasteiger partial charge in [0, 0.05) is 0 Å². The maximum Gasteiger partial charge on any atom is 0.135 e. The molecule has 0 aliphatic rings. The number of ether oxygens (including phenoxy) is 1. The molecular weight excluding hydrogens is 287 g/mol. The topological polar surface area (TPSA) is 9.23 Å². The molecular formula is C21H27FO. The summed E-state index contributed by atoms with van der Waals surface area (Å²) in [5.74, 6) is 3.01. The maximum atomic E-state index is 13.0. The van der Waals surface area contributed by atoms with E-state index in [9.17, 15) is 4.39 Å². The van der Waals surface area contributed by atoms with Crippen molar-refractivity contribution in [2.24, 2.45) is 0 Å². The summed E-state index contributed by atoms with van der Waals surface area (Å²) in [5, 5.41) is 0. The normalized spacial score (nSPS) is 8.74. The fraction of sp³-hybridized carbons (Fsp3) is 0.333. The Balaban J connectivity index is 0.00000112. The molecule has 0 fully saturated rings. The van der Waals surface area contributed by atoms with Gasteiger partial charge in [-0.2, -0.15) is 0 Å². The summed E-state index contributed by atoms with van der Waals surface area (Å²) in [7, 11) is 0. The first-order valence-corrected chi connectivity index (χ1v) is 8.19. The van der Waals surface area contributed by atoms with Crippen LogP contribution in [0.4, 0.5) is 4.39 Å². The van der Waals surface area contributed by atoms with Crippen LogP contribution < -0.4 is 4.74 Å². The van der Waals surface area contributed by atoms with E-state index < -0.39 is 0 Å². The molecule has 0 radical (unpaired) electrons. The molecule has 0 saturated carbocycles. The zero-order valence-electron chi connectivity index (χ0n) is 14.8. The van der Waals surface area contributed by atoms with E-state index >= 15 is 0 Å². The second-order valence-corrected chi connectivity index (χ2v) is 4.25. The molecule has 0 saturated heterocycles. The fourth-order valence-electron chi connectivity index (χ4n) is 1.82. The highest BCUT2D eigenvalue weighted by molar-refractivity contribution is 5.47. The van der Waals surface area contributed by atoms with Gasteiger partial charge in [-0.1, -0.05) is 58.7 Å². The van der Waals surface area contributed by atoms with E-state index in [0.717, 1.165) is 17.5 Å². The van der Waals surface area contributed by atoms with Gasteiger partial charge in [-0.15, -0.1) is 6.42 Å². The number of hydrogen-bond donors (Lipinski definition) is 0. The maximum absolute atomic E-state index is 13.0. The molecule has 0 bridgehead atoms. The van der Waals surface area contributed by atoms with Crippen molar-refractivity contribution >= 4 is 0 Å². The Morgan fingerprint density at radius 1 is 1.00 bits per heavy atom. The Morgan fingerprint density at radius 2 is 1.70 bits per heavy atom. The highest BCUT2D eigenvalue weighted by Gasteiger charge is 2.03. The molecule has 2 aromatic carbocycles. The summed E-state index contributed by atoms with van der Waals surface area (Å²) < 4.78 is 18.7. The number of aryl methyl sites for hydroxylation is 1. The van der Waals surface area contributed by atoms with Crippen LogP contribution in [0.25, 0.3) is 0 Å². The minimum atomic E-state index is -0.264. The Morgan fingerprint density at radius 3 is 2.26 bits per heavy atom. The van der Waals surface area contributed by atoms with E-state index in [1.807, 2.05) is 52.0 Å². The van der Waals surface area contributed by atoms with Crippen molar-refractivity contribution in [1.82, 2.24) is 0 Å². The molecule has 2 heteroatoms. The minimum absolute atomic E-state index is 0.264. The Hall–Kier alpha value is -2.27. The lowest BCUT2D eigenvalue weighted by molar-refractivity contribution is 0.304. The van der Waals surface area contributed by atoms with E-state index in [-0.39, 0.29) is 5.82 Å². The van der Waals surface area contributed by atoms with E-state index in [1.54, 1.807) is 6.07 Å². The van der Waals surface area contributed by atoms with Crippen molar-refractivity contribution in [2.45, 2.75) is 47.6 Å². The van der Waals surface area contributed by atoms with Crippen molar-refractivity contribution in [3.63, 3.8) is 0 Å². The van der Waals surface area contributed by atoms with Crippen LogP contribution >= 0.6 is 0 Å². The third kappa shape index (κ3) is 7.02. The molecule has 1 nitrogen and oxygen atoms in total. The van der Waals surface area contributed by atoms with Gasteiger partial charge in [0.1, 0.15) is 18.2 Å². The van der Waals surface area contributed by atoms with Gasteiger partial charge >= 0.3 is 0 Å². The average Bonchev–Trinajstić information content (AvgIpc) is 2.63. The average molecular weight is 314 g/mol. The fourth-order valence-corrected chi connectivity index (χ4v) is 1.82. The second kappa shape index (κ2) is 12.3. The third-order valence-electron chi connectivity index (χ3n) is 2.89. The molecule has 0 atom stereocenters. The van der Waals surface area contributed by atoms with Gasteiger partial charge in [-0.25, -0.2) is 4.39 Å². The summed E-state index contributed by atoms with van der Waals surface area (Å²) in [4.78, 5) is 0. The first-order valence-electron chi connectivity index (χ1n) is 8.19. The van der Waals surface area contributed by atoms with E-state index in [4.69, 9.17) is 11.2 Å². The third-order valence-corrected chi connectivity index (χ3v) is 2.89. The standard InChI is InChI=1S/C17H15FO.2C2H6/c1-3-13-8-9-17(15(4-2)10-13)19-12-14-6-5-7-16(18)11-14;2*1-2/h2,5-11H,3,12H2,1H3;2*1-2H3. The molecule has 23 heavy (non-hydrogen) atoms. The molecule has 0 aromatic heterocycles. The first-order chi connectivity index (χ1) is 11.2. The van der Waals surface area contributed by atoms with Crippen LogP contribution in [0, 0.1) is 18.2 Å². The van der Waals surface area contributed by atoms with Gasteiger partial charge in [0.15, 0.2) is 0 Å². The van der Waals surface area contributed by atoms with Crippen LogP contribution in [-0.4, -0.2) is 0 Å². The van der Waals surface area contributed by atoms with Crippen molar-refractivity contribution in [2.75, 3.05) is 0 Å². The summed E-state index contributed by atoms with van der Waals surface area (Å²) >= 11 is 0. The van der Waals surface area contributed by atoms with Gasteiger partial charge in [0.2, 0.25) is 0 Å². The van der Waals surface area contributed by atoms with Crippen LogP contribution in [0.3, 0.4) is 0 Å². The summed E-state index contributed by atoms with van der Waals surface area (Å²) in [6.07, 6.45) is 6.41. The Labute approximate surface area is 140 Å². The minimum Gasteiger partial charge on any atom is -0.488 e. The van der Waals surface area contributed by atoms with Crippen LogP contribution in [0.5, 0.6) is 5.75 Å². The van der Waals surface area contributed by atoms with Crippen LogP contribution in [0.2, 0.25) is 0 Å². The molecule has 0 heterocycles. The molecule has 0 aliphatic carbocycles. The molecule has 124 valence electrons. The molecule has 2 aromatic rings. The van der Waals surface area contributed by atoms with E-state index in [0.29, 0.717) is 12.4 Å². The highest BCUT2D eigenvalue weighted by atomic mass is 19.1. The zero-order chi connectivity index (χ0) is 17.7. The van der Waals surface area contributed by atoms with Crippen molar-refractivity contribution in [3.05, 3.63) is 65.0 Å². The quantitative estimate of drug-likeness (QED) is 0.629. The Bertz CT molecular complexity index is 611. The van der Waals surface area contributed by atoms with Gasteiger partial charge in [0.25, 0.3) is 0 Å². The zero-order valence-corrected chi connectivity index (χ0v) is 14.8. The Kier molecular flexibility index (Phi) is 11.1. The predicted octanol–water partition coefficient (Wildman–Crippen LogP) is 6.00. The number of terminal acetylenes is 1.